The average Bonchev–Trinajstić information content (AvgIpc) is 2.29. The van der Waals surface area contributed by atoms with E-state index < -0.39 is 22.5 Å². The summed E-state index contributed by atoms with van der Waals surface area (Å²) in [5, 5.41) is 13.5. The maximum absolute atomic E-state index is 12.9. The minimum Gasteiger partial charge on any atom is -0.368 e. The van der Waals surface area contributed by atoms with Crippen LogP contribution in [0, 0.1) is 15.9 Å². The van der Waals surface area contributed by atoms with E-state index in [0.717, 1.165) is 12.1 Å². The van der Waals surface area contributed by atoms with Gasteiger partial charge in [-0.1, -0.05) is 0 Å². The molecular formula is C11H14FN3O3. The summed E-state index contributed by atoms with van der Waals surface area (Å²) in [5.41, 5.74) is -0.280. The number of rotatable bonds is 4. The lowest BCUT2D eigenvalue weighted by atomic mass is 10.2. The average molecular weight is 255 g/mol. The molecule has 0 saturated carbocycles. The lowest BCUT2D eigenvalue weighted by Gasteiger charge is -2.18. The zero-order chi connectivity index (χ0) is 13.9. The summed E-state index contributed by atoms with van der Waals surface area (Å²) in [4.78, 5) is 23.0. The second kappa shape index (κ2) is 5.44. The zero-order valence-corrected chi connectivity index (χ0v) is 10.3. The number of carbonyl (C=O) groups is 1. The van der Waals surface area contributed by atoms with Crippen molar-refractivity contribution in [2.24, 2.45) is 0 Å². The highest BCUT2D eigenvalue weighted by Crippen LogP contribution is 2.25. The predicted octanol–water partition coefficient (Wildman–Crippen LogP) is 1.62. The van der Waals surface area contributed by atoms with E-state index in [9.17, 15) is 19.3 Å². The Labute approximate surface area is 104 Å². The third kappa shape index (κ3) is 3.16. The van der Waals surface area contributed by atoms with E-state index in [1.165, 1.54) is 11.0 Å². The Balaban J connectivity index is 2.97. The fourth-order valence-electron chi connectivity index (χ4n) is 1.46. The summed E-state index contributed by atoms with van der Waals surface area (Å²) in [7, 11) is 3.17. The number of likely N-dealkylation sites (N-methyl/N-ethyl adjacent to an activating group) is 1. The van der Waals surface area contributed by atoms with Gasteiger partial charge in [0.1, 0.15) is 17.5 Å². The topological polar surface area (TPSA) is 75.5 Å². The molecule has 1 aromatic carbocycles. The van der Waals surface area contributed by atoms with Crippen LogP contribution in [0.1, 0.15) is 6.92 Å². The molecule has 0 bridgehead atoms. The monoisotopic (exact) mass is 255 g/mol. The van der Waals surface area contributed by atoms with Crippen molar-refractivity contribution in [1.82, 2.24) is 4.90 Å². The Morgan fingerprint density at radius 3 is 2.61 bits per heavy atom. The van der Waals surface area contributed by atoms with Crippen LogP contribution in [0.4, 0.5) is 15.8 Å². The molecule has 0 saturated heterocycles. The maximum atomic E-state index is 12.9. The summed E-state index contributed by atoms with van der Waals surface area (Å²) in [6, 6.07) is 2.52. The first kappa shape index (κ1) is 13.9. The fourth-order valence-corrected chi connectivity index (χ4v) is 1.46. The van der Waals surface area contributed by atoms with Crippen LogP contribution >= 0.6 is 0 Å². The quantitative estimate of drug-likeness (QED) is 0.655. The SMILES string of the molecule is CC(Nc1ccc(F)cc1[N+](=O)[O-])C(=O)N(C)C. The normalized spacial score (nSPS) is 11.8. The van der Waals surface area contributed by atoms with Gasteiger partial charge in [0.05, 0.1) is 11.0 Å². The van der Waals surface area contributed by atoms with Crippen LogP contribution in [0.25, 0.3) is 0 Å². The molecule has 0 aliphatic carbocycles. The molecule has 18 heavy (non-hydrogen) atoms. The van der Waals surface area contributed by atoms with Crippen molar-refractivity contribution in [3.05, 3.63) is 34.1 Å². The predicted molar refractivity (Wildman–Crippen MR) is 64.8 cm³/mol. The number of hydrogen-bond donors (Lipinski definition) is 1. The van der Waals surface area contributed by atoms with Crippen LogP contribution in [0.15, 0.2) is 18.2 Å². The molecule has 98 valence electrons. The first-order valence-electron chi connectivity index (χ1n) is 5.24. The van der Waals surface area contributed by atoms with Crippen LogP contribution in [0.5, 0.6) is 0 Å². The number of anilines is 1. The van der Waals surface area contributed by atoms with Gasteiger partial charge < -0.3 is 10.2 Å². The number of nitrogens with zero attached hydrogens (tertiary/aromatic N) is 2. The van der Waals surface area contributed by atoms with Crippen LogP contribution in [-0.4, -0.2) is 35.9 Å². The Hall–Kier alpha value is -2.18. The largest absolute Gasteiger partial charge is 0.368 e. The highest BCUT2D eigenvalue weighted by molar-refractivity contribution is 5.84. The van der Waals surface area contributed by atoms with Gasteiger partial charge in [0, 0.05) is 14.1 Å². The number of carbonyl (C=O) groups excluding carboxylic acids is 1. The van der Waals surface area contributed by atoms with E-state index in [2.05, 4.69) is 5.32 Å². The van der Waals surface area contributed by atoms with Crippen molar-refractivity contribution in [1.29, 1.82) is 0 Å². The number of benzene rings is 1. The summed E-state index contributed by atoms with van der Waals surface area (Å²) in [6.45, 7) is 1.58. The van der Waals surface area contributed by atoms with Crippen molar-refractivity contribution in [3.63, 3.8) is 0 Å². The van der Waals surface area contributed by atoms with E-state index >= 15 is 0 Å². The smallest absolute Gasteiger partial charge is 0.295 e. The second-order valence-corrected chi connectivity index (χ2v) is 4.02. The molecule has 1 rings (SSSR count). The molecule has 1 amide bonds. The number of nitro groups is 1. The molecule has 1 unspecified atom stereocenters. The molecule has 7 heteroatoms. The van der Waals surface area contributed by atoms with Crippen molar-refractivity contribution in [2.75, 3.05) is 19.4 Å². The molecule has 0 radical (unpaired) electrons. The summed E-state index contributed by atoms with van der Waals surface area (Å²) < 4.78 is 12.9. The third-order valence-electron chi connectivity index (χ3n) is 2.34. The van der Waals surface area contributed by atoms with E-state index in [-0.39, 0.29) is 11.6 Å². The Morgan fingerprint density at radius 1 is 1.50 bits per heavy atom. The molecule has 0 aromatic heterocycles. The number of nitro benzene ring substituents is 1. The van der Waals surface area contributed by atoms with E-state index in [4.69, 9.17) is 0 Å². The van der Waals surface area contributed by atoms with Gasteiger partial charge in [-0.25, -0.2) is 4.39 Å². The lowest BCUT2D eigenvalue weighted by Crippen LogP contribution is -2.36. The Bertz CT molecular complexity index is 477. The fraction of sp³-hybridized carbons (Fsp3) is 0.364. The summed E-state index contributed by atoms with van der Waals surface area (Å²) >= 11 is 0. The summed E-state index contributed by atoms with van der Waals surface area (Å²) in [6.07, 6.45) is 0. The van der Waals surface area contributed by atoms with Gasteiger partial charge in [0.2, 0.25) is 5.91 Å². The number of halogens is 1. The molecule has 1 aromatic rings. The Kier molecular flexibility index (Phi) is 4.19. The molecular weight excluding hydrogens is 241 g/mol. The first-order valence-corrected chi connectivity index (χ1v) is 5.24. The first-order chi connectivity index (χ1) is 8.32. The molecule has 6 nitrogen and oxygen atoms in total. The molecule has 1 N–H and O–H groups in total. The molecule has 0 aliphatic rings. The molecule has 0 fully saturated rings. The second-order valence-electron chi connectivity index (χ2n) is 4.02. The van der Waals surface area contributed by atoms with Crippen LogP contribution in [0.3, 0.4) is 0 Å². The highest BCUT2D eigenvalue weighted by atomic mass is 19.1. The zero-order valence-electron chi connectivity index (χ0n) is 10.3. The highest BCUT2D eigenvalue weighted by Gasteiger charge is 2.20. The van der Waals surface area contributed by atoms with Crippen LogP contribution < -0.4 is 5.32 Å². The summed E-state index contributed by atoms with van der Waals surface area (Å²) in [5.74, 6) is -0.924. The molecule has 0 heterocycles. The minimum atomic E-state index is -0.696. The van der Waals surface area contributed by atoms with E-state index in [0.29, 0.717) is 0 Å². The van der Waals surface area contributed by atoms with E-state index in [1.807, 2.05) is 0 Å². The lowest BCUT2D eigenvalue weighted by molar-refractivity contribution is -0.384. The molecule has 0 spiro atoms. The number of nitrogens with one attached hydrogen (secondary N) is 1. The van der Waals surface area contributed by atoms with Crippen molar-refractivity contribution >= 4 is 17.3 Å². The standard InChI is InChI=1S/C11H14FN3O3/c1-7(11(16)14(2)3)13-9-5-4-8(12)6-10(9)15(17)18/h4-7,13H,1-3H3. The van der Waals surface area contributed by atoms with Gasteiger partial charge in [-0.3, -0.25) is 14.9 Å². The van der Waals surface area contributed by atoms with Gasteiger partial charge in [0.15, 0.2) is 0 Å². The van der Waals surface area contributed by atoms with Gasteiger partial charge in [-0.05, 0) is 19.1 Å². The van der Waals surface area contributed by atoms with Gasteiger partial charge >= 0.3 is 0 Å². The molecule has 0 aliphatic heterocycles. The van der Waals surface area contributed by atoms with E-state index in [1.54, 1.807) is 21.0 Å². The third-order valence-corrected chi connectivity index (χ3v) is 2.34. The van der Waals surface area contributed by atoms with Gasteiger partial charge in [-0.2, -0.15) is 0 Å². The van der Waals surface area contributed by atoms with Crippen molar-refractivity contribution in [2.45, 2.75) is 13.0 Å². The van der Waals surface area contributed by atoms with Gasteiger partial charge in [-0.15, -0.1) is 0 Å². The van der Waals surface area contributed by atoms with Crippen molar-refractivity contribution in [3.8, 4) is 0 Å². The number of hydrogen-bond acceptors (Lipinski definition) is 4. The molecule has 1 atom stereocenters. The maximum Gasteiger partial charge on any atom is 0.295 e. The van der Waals surface area contributed by atoms with Gasteiger partial charge in [0.25, 0.3) is 5.69 Å². The Morgan fingerprint density at radius 2 is 2.11 bits per heavy atom. The van der Waals surface area contributed by atoms with Crippen LogP contribution in [-0.2, 0) is 4.79 Å². The number of amides is 1. The van der Waals surface area contributed by atoms with Crippen LogP contribution in [0.2, 0.25) is 0 Å². The minimum absolute atomic E-state index is 0.115. The van der Waals surface area contributed by atoms with Crippen molar-refractivity contribution < 1.29 is 14.1 Å².